The number of rotatable bonds is 3. The fraction of sp³-hybridized carbons (Fsp3) is 0. The van der Waals surface area contributed by atoms with Crippen molar-refractivity contribution in [3.05, 3.63) is 51.4 Å². The molecule has 0 saturated heterocycles. The Kier molecular flexibility index (Phi) is 3.54. The van der Waals surface area contributed by atoms with Gasteiger partial charge in [-0.15, -0.1) is 0 Å². The van der Waals surface area contributed by atoms with Crippen molar-refractivity contribution >= 4 is 17.3 Å². The Morgan fingerprint density at radius 3 is 2.68 bits per heavy atom. The van der Waals surface area contributed by atoms with Crippen LogP contribution in [0.25, 0.3) is 0 Å². The number of halogens is 1. The van der Waals surface area contributed by atoms with Crippen LogP contribution in [0.15, 0.2) is 30.6 Å². The first-order valence-electron chi connectivity index (χ1n) is 4.94. The molecule has 2 rings (SSSR count). The lowest BCUT2D eigenvalue weighted by Crippen LogP contribution is -1.93. The van der Waals surface area contributed by atoms with Gasteiger partial charge in [-0.3, -0.25) is 10.1 Å². The van der Waals surface area contributed by atoms with Crippen LogP contribution in [0.3, 0.4) is 0 Å². The molecule has 0 unspecified atom stereocenters. The van der Waals surface area contributed by atoms with E-state index in [9.17, 15) is 10.1 Å². The maximum absolute atomic E-state index is 10.5. The summed E-state index contributed by atoms with van der Waals surface area (Å²) in [4.78, 5) is 17.6. The summed E-state index contributed by atoms with van der Waals surface area (Å²) in [5.41, 5.74) is 0.0189. The van der Waals surface area contributed by atoms with Gasteiger partial charge in [0.05, 0.1) is 22.3 Å². The fourth-order valence-corrected chi connectivity index (χ4v) is 1.44. The summed E-state index contributed by atoms with van der Waals surface area (Å²) in [6.45, 7) is 0. The second-order valence-electron chi connectivity index (χ2n) is 3.33. The molecule has 1 heterocycles. The Balaban J connectivity index is 2.23. The number of nitrogens with zero attached hydrogens (tertiary/aromatic N) is 4. The molecule has 8 heteroatoms. The number of hydrogen-bond acceptors (Lipinski definition) is 6. The quantitative estimate of drug-likeness (QED) is 0.631. The van der Waals surface area contributed by atoms with Crippen molar-refractivity contribution in [3.63, 3.8) is 0 Å². The van der Waals surface area contributed by atoms with Crippen LogP contribution in [0.4, 0.5) is 5.69 Å². The van der Waals surface area contributed by atoms with Crippen LogP contribution < -0.4 is 4.74 Å². The highest BCUT2D eigenvalue weighted by atomic mass is 35.5. The van der Waals surface area contributed by atoms with Gasteiger partial charge in [-0.1, -0.05) is 11.6 Å². The summed E-state index contributed by atoms with van der Waals surface area (Å²) in [7, 11) is 0. The lowest BCUT2D eigenvalue weighted by Gasteiger charge is -2.05. The number of benzene rings is 1. The average molecular weight is 277 g/mol. The van der Waals surface area contributed by atoms with E-state index in [0.29, 0.717) is 0 Å². The third kappa shape index (κ3) is 2.94. The van der Waals surface area contributed by atoms with E-state index in [1.165, 1.54) is 30.6 Å². The number of hydrogen-bond donors (Lipinski definition) is 0. The van der Waals surface area contributed by atoms with Crippen molar-refractivity contribution in [2.75, 3.05) is 0 Å². The Labute approximate surface area is 112 Å². The van der Waals surface area contributed by atoms with Gasteiger partial charge in [0.2, 0.25) is 5.88 Å². The van der Waals surface area contributed by atoms with E-state index in [1.54, 1.807) is 0 Å². The monoisotopic (exact) mass is 276 g/mol. The third-order valence-corrected chi connectivity index (χ3v) is 2.38. The predicted octanol–water partition coefficient (Wildman–Crippen LogP) is 2.70. The summed E-state index contributed by atoms with van der Waals surface area (Å²) in [6.07, 6.45) is 2.50. The summed E-state index contributed by atoms with van der Waals surface area (Å²) in [6, 6.07) is 5.62. The van der Waals surface area contributed by atoms with Gasteiger partial charge >= 0.3 is 0 Å². The number of non-ortho nitro benzene ring substituents is 1. The average Bonchev–Trinajstić information content (AvgIpc) is 2.41. The molecule has 0 bridgehead atoms. The molecule has 0 N–H and O–H groups in total. The highest BCUT2D eigenvalue weighted by Crippen LogP contribution is 2.31. The Hall–Kier alpha value is -2.72. The molecule has 2 aromatic rings. The van der Waals surface area contributed by atoms with Gasteiger partial charge in [0.25, 0.3) is 5.69 Å². The molecule has 0 aliphatic carbocycles. The van der Waals surface area contributed by atoms with Crippen LogP contribution in [0.1, 0.15) is 5.69 Å². The van der Waals surface area contributed by atoms with Gasteiger partial charge in [-0.2, -0.15) is 5.26 Å². The van der Waals surface area contributed by atoms with Crippen molar-refractivity contribution in [2.45, 2.75) is 0 Å². The molecule has 0 fully saturated rings. The van der Waals surface area contributed by atoms with E-state index in [0.717, 1.165) is 0 Å². The molecule has 1 aromatic heterocycles. The first kappa shape index (κ1) is 12.7. The number of aromatic nitrogens is 2. The second-order valence-corrected chi connectivity index (χ2v) is 3.73. The Morgan fingerprint density at radius 2 is 2.16 bits per heavy atom. The minimum Gasteiger partial charge on any atom is -0.436 e. The van der Waals surface area contributed by atoms with Crippen LogP contribution in [0.2, 0.25) is 5.02 Å². The van der Waals surface area contributed by atoms with Crippen LogP contribution >= 0.6 is 11.6 Å². The first-order chi connectivity index (χ1) is 9.10. The van der Waals surface area contributed by atoms with E-state index < -0.39 is 4.92 Å². The van der Waals surface area contributed by atoms with E-state index in [2.05, 4.69) is 9.97 Å². The summed E-state index contributed by atoms with van der Waals surface area (Å²) < 4.78 is 5.31. The lowest BCUT2D eigenvalue weighted by molar-refractivity contribution is -0.384. The highest BCUT2D eigenvalue weighted by Gasteiger charge is 2.11. The van der Waals surface area contributed by atoms with E-state index in [4.69, 9.17) is 21.6 Å². The lowest BCUT2D eigenvalue weighted by atomic mass is 10.3. The zero-order chi connectivity index (χ0) is 13.8. The van der Waals surface area contributed by atoms with Crippen LogP contribution in [0, 0.1) is 21.4 Å². The predicted molar refractivity (Wildman–Crippen MR) is 64.9 cm³/mol. The maximum Gasteiger partial charge on any atom is 0.271 e. The fourth-order valence-electron chi connectivity index (χ4n) is 1.23. The molecule has 1 aromatic carbocycles. The maximum atomic E-state index is 10.5. The summed E-state index contributed by atoms with van der Waals surface area (Å²) in [5.74, 6) is 0.348. The van der Waals surface area contributed by atoms with Gasteiger partial charge in [0.1, 0.15) is 11.8 Å². The normalized spacial score (nSPS) is 9.68. The molecule has 7 nitrogen and oxygen atoms in total. The molecule has 0 radical (unpaired) electrons. The highest BCUT2D eigenvalue weighted by molar-refractivity contribution is 6.32. The zero-order valence-electron chi connectivity index (χ0n) is 9.28. The number of nitro groups is 1. The molecule has 0 spiro atoms. The van der Waals surface area contributed by atoms with Crippen LogP contribution in [-0.4, -0.2) is 14.9 Å². The summed E-state index contributed by atoms with van der Waals surface area (Å²) in [5, 5.41) is 19.2. The third-order valence-electron chi connectivity index (χ3n) is 2.08. The SMILES string of the molecule is N#Cc1cnc(Oc2ccc([N+](=O)[O-])cc2Cl)cn1. The second kappa shape index (κ2) is 5.29. The van der Waals surface area contributed by atoms with Crippen LogP contribution in [0.5, 0.6) is 11.6 Å². The Bertz CT molecular complexity index is 667. The summed E-state index contributed by atoms with van der Waals surface area (Å²) >= 11 is 5.85. The van der Waals surface area contributed by atoms with Crippen molar-refractivity contribution in [2.24, 2.45) is 0 Å². The molecular formula is C11H5ClN4O3. The van der Waals surface area contributed by atoms with Gasteiger partial charge in [0.15, 0.2) is 5.69 Å². The van der Waals surface area contributed by atoms with E-state index in [-0.39, 0.29) is 28.0 Å². The number of ether oxygens (including phenoxy) is 1. The topological polar surface area (TPSA) is 102 Å². The van der Waals surface area contributed by atoms with E-state index in [1.807, 2.05) is 6.07 Å². The van der Waals surface area contributed by atoms with Gasteiger partial charge < -0.3 is 4.74 Å². The standard InChI is InChI=1S/C11H5ClN4O3/c12-9-3-8(16(17)18)1-2-10(9)19-11-6-14-7(4-13)5-15-11/h1-3,5-6H. The minimum atomic E-state index is -0.558. The van der Waals surface area contributed by atoms with E-state index >= 15 is 0 Å². The van der Waals surface area contributed by atoms with Crippen molar-refractivity contribution in [1.29, 1.82) is 5.26 Å². The molecule has 0 amide bonds. The number of nitriles is 1. The minimum absolute atomic E-state index is 0.0837. The smallest absolute Gasteiger partial charge is 0.271 e. The van der Waals surface area contributed by atoms with Gasteiger partial charge in [-0.05, 0) is 6.07 Å². The molecule has 0 saturated carbocycles. The van der Waals surface area contributed by atoms with Crippen LogP contribution in [-0.2, 0) is 0 Å². The molecular weight excluding hydrogens is 272 g/mol. The number of nitro benzene ring substituents is 1. The molecule has 94 valence electrons. The zero-order valence-corrected chi connectivity index (χ0v) is 10.0. The largest absolute Gasteiger partial charge is 0.436 e. The Morgan fingerprint density at radius 1 is 1.37 bits per heavy atom. The van der Waals surface area contributed by atoms with Crippen molar-refractivity contribution in [3.8, 4) is 17.7 Å². The van der Waals surface area contributed by atoms with Crippen molar-refractivity contribution in [1.82, 2.24) is 9.97 Å². The molecule has 0 aliphatic heterocycles. The van der Waals surface area contributed by atoms with Crippen molar-refractivity contribution < 1.29 is 9.66 Å². The van der Waals surface area contributed by atoms with Gasteiger partial charge in [-0.25, -0.2) is 9.97 Å². The molecule has 0 atom stereocenters. The first-order valence-corrected chi connectivity index (χ1v) is 5.32. The molecule has 19 heavy (non-hydrogen) atoms. The molecule has 0 aliphatic rings. The van der Waals surface area contributed by atoms with Gasteiger partial charge in [0, 0.05) is 12.1 Å².